The highest BCUT2D eigenvalue weighted by Crippen LogP contribution is 2.26. The van der Waals surface area contributed by atoms with Gasteiger partial charge in [-0.05, 0) is 19.1 Å². The number of hydrogen-bond donors (Lipinski definition) is 3. The van der Waals surface area contributed by atoms with Gasteiger partial charge in [-0.3, -0.25) is 4.79 Å². The van der Waals surface area contributed by atoms with Crippen LogP contribution in [0.25, 0.3) is 0 Å². The average molecular weight is 283 g/mol. The van der Waals surface area contributed by atoms with Gasteiger partial charge in [0.1, 0.15) is 6.04 Å². The Bertz CT molecular complexity index is 462. The normalized spacial score (nSPS) is 11.5. The highest BCUT2D eigenvalue weighted by atomic mass is 16.5. The Morgan fingerprint density at radius 1 is 1.25 bits per heavy atom. The number of aliphatic hydroxyl groups is 1. The number of benzene rings is 1. The molecule has 0 unspecified atom stereocenters. The van der Waals surface area contributed by atoms with Crippen molar-refractivity contribution in [2.24, 2.45) is 0 Å². The largest absolute Gasteiger partial charge is 0.490 e. The van der Waals surface area contributed by atoms with Crippen LogP contribution < -0.4 is 14.8 Å². The molecule has 7 heteroatoms. The molecule has 0 bridgehead atoms. The molecular weight excluding hydrogens is 266 g/mol. The highest BCUT2D eigenvalue weighted by molar-refractivity contribution is 5.84. The van der Waals surface area contributed by atoms with Crippen molar-refractivity contribution in [2.45, 2.75) is 13.0 Å². The van der Waals surface area contributed by atoms with Crippen molar-refractivity contribution < 1.29 is 29.3 Å². The second kappa shape index (κ2) is 8.00. The first kappa shape index (κ1) is 15.8. The summed E-state index contributed by atoms with van der Waals surface area (Å²) in [5.74, 6) is -1.06. The van der Waals surface area contributed by atoms with Crippen molar-refractivity contribution in [3.8, 4) is 11.5 Å². The summed E-state index contributed by atoms with van der Waals surface area (Å²) < 4.78 is 10.6. The van der Waals surface area contributed by atoms with Gasteiger partial charge in [-0.15, -0.1) is 0 Å². The third-order valence-electron chi connectivity index (χ3n) is 2.32. The lowest BCUT2D eigenvalue weighted by Crippen LogP contribution is -2.45. The molecule has 0 fully saturated rings. The predicted molar refractivity (Wildman–Crippen MR) is 69.8 cm³/mol. The van der Waals surface area contributed by atoms with E-state index in [2.05, 4.69) is 5.32 Å². The molecule has 1 aromatic rings. The van der Waals surface area contributed by atoms with Gasteiger partial charge in [0.05, 0.1) is 13.2 Å². The van der Waals surface area contributed by atoms with Crippen LogP contribution in [-0.4, -0.2) is 48.0 Å². The second-order valence-electron chi connectivity index (χ2n) is 3.81. The number of carboxylic acids is 1. The van der Waals surface area contributed by atoms with Gasteiger partial charge in [0.2, 0.25) is 0 Å². The Hall–Kier alpha value is -2.28. The van der Waals surface area contributed by atoms with Crippen LogP contribution in [0, 0.1) is 0 Å². The number of nitrogens with one attached hydrogen (secondary N) is 1. The minimum absolute atomic E-state index is 0.367. The SMILES string of the molecule is CCOc1ccccc1OCC(=O)N[C@@H](CO)C(=O)O. The van der Waals surface area contributed by atoms with Gasteiger partial charge < -0.3 is 25.0 Å². The van der Waals surface area contributed by atoms with Gasteiger partial charge in [-0.25, -0.2) is 4.79 Å². The van der Waals surface area contributed by atoms with E-state index in [4.69, 9.17) is 19.7 Å². The number of carboxylic acid groups (broad SMARTS) is 1. The number of ether oxygens (including phenoxy) is 2. The van der Waals surface area contributed by atoms with Crippen LogP contribution in [0.2, 0.25) is 0 Å². The standard InChI is InChI=1S/C13H17NO6/c1-2-19-10-5-3-4-6-11(10)20-8-12(16)14-9(7-15)13(17)18/h3-6,9,15H,2,7-8H2,1H3,(H,14,16)(H,17,18)/t9-/m0/s1. The van der Waals surface area contributed by atoms with E-state index in [-0.39, 0.29) is 6.61 Å². The number of aliphatic hydroxyl groups excluding tert-OH is 1. The highest BCUT2D eigenvalue weighted by Gasteiger charge is 2.19. The van der Waals surface area contributed by atoms with Gasteiger partial charge in [-0.1, -0.05) is 12.1 Å². The molecule has 0 spiro atoms. The molecule has 0 aliphatic rings. The van der Waals surface area contributed by atoms with E-state index in [1.54, 1.807) is 24.3 Å². The van der Waals surface area contributed by atoms with E-state index in [1.807, 2.05) is 6.92 Å². The first-order valence-corrected chi connectivity index (χ1v) is 6.06. The Morgan fingerprint density at radius 3 is 2.35 bits per heavy atom. The van der Waals surface area contributed by atoms with Crippen LogP contribution in [0.4, 0.5) is 0 Å². The van der Waals surface area contributed by atoms with E-state index in [9.17, 15) is 9.59 Å². The van der Waals surface area contributed by atoms with E-state index in [0.717, 1.165) is 0 Å². The van der Waals surface area contributed by atoms with Crippen LogP contribution in [0.3, 0.4) is 0 Å². The minimum atomic E-state index is -1.34. The number of hydrogen-bond acceptors (Lipinski definition) is 5. The fraction of sp³-hybridized carbons (Fsp3) is 0.385. The summed E-state index contributed by atoms with van der Waals surface area (Å²) in [6, 6.07) is 5.49. The maximum Gasteiger partial charge on any atom is 0.328 e. The lowest BCUT2D eigenvalue weighted by atomic mass is 10.3. The summed E-state index contributed by atoms with van der Waals surface area (Å²) in [6.07, 6.45) is 0. The van der Waals surface area contributed by atoms with Gasteiger partial charge in [-0.2, -0.15) is 0 Å². The van der Waals surface area contributed by atoms with Crippen LogP contribution in [0.15, 0.2) is 24.3 Å². The zero-order valence-electron chi connectivity index (χ0n) is 11.0. The molecule has 0 aliphatic heterocycles. The molecule has 3 N–H and O–H groups in total. The molecular formula is C13H17NO6. The van der Waals surface area contributed by atoms with Crippen LogP contribution in [0.1, 0.15) is 6.92 Å². The number of carbonyl (C=O) groups excluding carboxylic acids is 1. The van der Waals surface area contributed by atoms with Gasteiger partial charge in [0, 0.05) is 0 Å². The second-order valence-corrected chi connectivity index (χ2v) is 3.81. The number of rotatable bonds is 8. The van der Waals surface area contributed by atoms with Gasteiger partial charge in [0.25, 0.3) is 5.91 Å². The zero-order chi connectivity index (χ0) is 15.0. The monoisotopic (exact) mass is 283 g/mol. The molecule has 0 heterocycles. The average Bonchev–Trinajstić information content (AvgIpc) is 2.43. The van der Waals surface area contributed by atoms with Crippen molar-refractivity contribution in [2.75, 3.05) is 19.8 Å². The molecule has 0 aromatic heterocycles. The van der Waals surface area contributed by atoms with Crippen molar-refractivity contribution in [3.05, 3.63) is 24.3 Å². The van der Waals surface area contributed by atoms with Crippen molar-refractivity contribution in [3.63, 3.8) is 0 Å². The number of carbonyl (C=O) groups is 2. The maximum atomic E-state index is 11.5. The number of aliphatic carboxylic acids is 1. The third-order valence-corrected chi connectivity index (χ3v) is 2.32. The number of amides is 1. The van der Waals surface area contributed by atoms with Crippen LogP contribution >= 0.6 is 0 Å². The van der Waals surface area contributed by atoms with Crippen molar-refractivity contribution in [1.29, 1.82) is 0 Å². The topological polar surface area (TPSA) is 105 Å². The molecule has 1 rings (SSSR count). The molecule has 7 nitrogen and oxygen atoms in total. The van der Waals surface area contributed by atoms with Crippen LogP contribution in [-0.2, 0) is 9.59 Å². The molecule has 0 aliphatic carbocycles. The summed E-state index contributed by atoms with van der Waals surface area (Å²) >= 11 is 0. The molecule has 110 valence electrons. The molecule has 1 atom stereocenters. The smallest absolute Gasteiger partial charge is 0.328 e. The Kier molecular flexibility index (Phi) is 6.31. The molecule has 1 aromatic carbocycles. The van der Waals surface area contributed by atoms with E-state index < -0.39 is 24.5 Å². The molecule has 0 radical (unpaired) electrons. The summed E-state index contributed by atoms with van der Waals surface area (Å²) in [5, 5.41) is 19.6. The van der Waals surface area contributed by atoms with Crippen molar-refractivity contribution >= 4 is 11.9 Å². The summed E-state index contributed by atoms with van der Waals surface area (Å²) in [5.41, 5.74) is 0. The Balaban J connectivity index is 2.54. The Morgan fingerprint density at radius 2 is 1.85 bits per heavy atom. The first-order valence-electron chi connectivity index (χ1n) is 6.06. The number of para-hydroxylation sites is 2. The quantitative estimate of drug-likeness (QED) is 0.621. The summed E-state index contributed by atoms with van der Waals surface area (Å²) in [7, 11) is 0. The molecule has 0 saturated heterocycles. The Labute approximate surface area is 116 Å². The maximum absolute atomic E-state index is 11.5. The summed E-state index contributed by atoms with van der Waals surface area (Å²) in [6.45, 7) is 1.23. The van der Waals surface area contributed by atoms with Crippen LogP contribution in [0.5, 0.6) is 11.5 Å². The van der Waals surface area contributed by atoms with Gasteiger partial charge in [0.15, 0.2) is 18.1 Å². The van der Waals surface area contributed by atoms with E-state index in [0.29, 0.717) is 18.1 Å². The predicted octanol–water partition coefficient (Wildman–Crippen LogP) is 0.0258. The summed E-state index contributed by atoms with van der Waals surface area (Å²) in [4.78, 5) is 22.2. The fourth-order valence-corrected chi connectivity index (χ4v) is 1.41. The van der Waals surface area contributed by atoms with E-state index >= 15 is 0 Å². The lowest BCUT2D eigenvalue weighted by Gasteiger charge is -2.14. The zero-order valence-corrected chi connectivity index (χ0v) is 11.0. The lowest BCUT2D eigenvalue weighted by molar-refractivity contribution is -0.143. The van der Waals surface area contributed by atoms with E-state index in [1.165, 1.54) is 0 Å². The molecule has 0 saturated carbocycles. The molecule has 1 amide bonds. The fourth-order valence-electron chi connectivity index (χ4n) is 1.41. The minimum Gasteiger partial charge on any atom is -0.490 e. The van der Waals surface area contributed by atoms with Crippen molar-refractivity contribution in [1.82, 2.24) is 5.32 Å². The first-order chi connectivity index (χ1) is 9.58. The third kappa shape index (κ3) is 4.77. The molecule has 20 heavy (non-hydrogen) atoms. The van der Waals surface area contributed by atoms with Gasteiger partial charge >= 0.3 is 5.97 Å².